The van der Waals surface area contributed by atoms with Gasteiger partial charge in [-0.1, -0.05) is 55.6 Å². The first-order valence-electron chi connectivity index (χ1n) is 10.8. The topological polar surface area (TPSA) is 49.4 Å². The number of nitrogens with zero attached hydrogens (tertiary/aromatic N) is 1. The van der Waals surface area contributed by atoms with Crippen LogP contribution in [0.5, 0.6) is 0 Å². The molecule has 3 rings (SSSR count). The Morgan fingerprint density at radius 1 is 1.10 bits per heavy atom. The number of benzene rings is 2. The molecule has 2 aromatic carbocycles. The van der Waals surface area contributed by atoms with Crippen molar-refractivity contribution < 1.29 is 9.59 Å². The second-order valence-electron chi connectivity index (χ2n) is 8.47. The minimum Gasteiger partial charge on any atom is -0.351 e. The van der Waals surface area contributed by atoms with E-state index in [4.69, 9.17) is 23.2 Å². The third-order valence-corrected chi connectivity index (χ3v) is 6.87. The number of amides is 2. The Kier molecular flexibility index (Phi) is 8.01. The van der Waals surface area contributed by atoms with Crippen LogP contribution in [0.4, 0.5) is 5.69 Å². The van der Waals surface area contributed by atoms with Gasteiger partial charge >= 0.3 is 0 Å². The Morgan fingerprint density at radius 3 is 2.45 bits per heavy atom. The lowest BCUT2D eigenvalue weighted by Crippen LogP contribution is -2.49. The van der Waals surface area contributed by atoms with Crippen LogP contribution in [0, 0.1) is 19.8 Å². The van der Waals surface area contributed by atoms with Crippen LogP contribution in [-0.2, 0) is 9.59 Å². The van der Waals surface area contributed by atoms with E-state index in [9.17, 15) is 9.59 Å². The molecule has 1 aliphatic carbocycles. The van der Waals surface area contributed by atoms with E-state index in [-0.39, 0.29) is 23.7 Å². The van der Waals surface area contributed by atoms with Crippen molar-refractivity contribution in [3.63, 3.8) is 0 Å². The van der Waals surface area contributed by atoms with Crippen LogP contribution in [0.2, 0.25) is 5.02 Å². The number of halogens is 2. The van der Waals surface area contributed by atoms with E-state index in [1.54, 1.807) is 12.1 Å². The van der Waals surface area contributed by atoms with E-state index in [0.717, 1.165) is 30.4 Å². The van der Waals surface area contributed by atoms with Crippen molar-refractivity contribution in [1.82, 2.24) is 5.32 Å². The summed E-state index contributed by atoms with van der Waals surface area (Å²) in [5, 5.41) is 3.66. The minimum absolute atomic E-state index is 0.0824. The summed E-state index contributed by atoms with van der Waals surface area (Å²) in [5.74, 6) is -0.422. The number of nitrogens with one attached hydrogen (secondary N) is 1. The normalized spacial score (nSPS) is 19.5. The van der Waals surface area contributed by atoms with Gasteiger partial charge in [0.25, 0.3) is 0 Å². The number of hydrogen-bond acceptors (Lipinski definition) is 2. The number of aryl methyl sites for hydroxylation is 2. The standard InChI is InChI=1S/C25H30Cl2N2O2/c1-16-12-13-19(14-18(16)3)29(23(30)15-26)24(20-9-5-6-10-21(20)27)25(31)28-22-11-7-4-8-17(22)2/h5-6,9-10,12-14,17,22,24H,4,7-8,11,15H2,1-3H3,(H,28,31). The predicted molar refractivity (Wildman–Crippen MR) is 128 cm³/mol. The first-order chi connectivity index (χ1) is 14.8. The molecule has 0 heterocycles. The molecule has 2 aromatic rings. The van der Waals surface area contributed by atoms with Crippen molar-refractivity contribution in [2.75, 3.05) is 10.8 Å². The predicted octanol–water partition coefficient (Wildman–Crippen LogP) is 5.96. The summed E-state index contributed by atoms with van der Waals surface area (Å²) in [6, 6.07) is 12.1. The molecule has 2 amide bonds. The summed E-state index contributed by atoms with van der Waals surface area (Å²) in [5.41, 5.74) is 3.35. The summed E-state index contributed by atoms with van der Waals surface area (Å²) < 4.78 is 0. The lowest BCUT2D eigenvalue weighted by Gasteiger charge is -2.35. The summed E-state index contributed by atoms with van der Waals surface area (Å²) in [7, 11) is 0. The highest BCUT2D eigenvalue weighted by Crippen LogP contribution is 2.34. The van der Waals surface area contributed by atoms with Crippen molar-refractivity contribution in [1.29, 1.82) is 0 Å². The molecule has 3 atom stereocenters. The minimum atomic E-state index is -0.906. The fraction of sp³-hybridized carbons (Fsp3) is 0.440. The Morgan fingerprint density at radius 2 is 1.81 bits per heavy atom. The second kappa shape index (κ2) is 10.5. The molecule has 1 saturated carbocycles. The van der Waals surface area contributed by atoms with E-state index in [1.165, 1.54) is 11.3 Å². The molecule has 0 saturated heterocycles. The van der Waals surface area contributed by atoms with E-state index in [0.29, 0.717) is 22.2 Å². The molecule has 166 valence electrons. The van der Waals surface area contributed by atoms with Gasteiger partial charge in [0.2, 0.25) is 11.8 Å². The zero-order valence-corrected chi connectivity index (χ0v) is 19.8. The van der Waals surface area contributed by atoms with Crippen molar-refractivity contribution in [3.05, 3.63) is 64.2 Å². The first-order valence-corrected chi connectivity index (χ1v) is 11.7. The van der Waals surface area contributed by atoms with Crippen molar-refractivity contribution in [3.8, 4) is 0 Å². The third kappa shape index (κ3) is 5.42. The van der Waals surface area contributed by atoms with Crippen LogP contribution in [-0.4, -0.2) is 23.7 Å². The molecule has 1 aliphatic rings. The lowest BCUT2D eigenvalue weighted by molar-refractivity contribution is -0.126. The van der Waals surface area contributed by atoms with Crippen molar-refractivity contribution in [2.45, 2.75) is 58.5 Å². The van der Waals surface area contributed by atoms with Gasteiger partial charge in [0, 0.05) is 22.3 Å². The van der Waals surface area contributed by atoms with Crippen molar-refractivity contribution >= 4 is 40.7 Å². The molecule has 6 heteroatoms. The average Bonchev–Trinajstić information content (AvgIpc) is 2.76. The monoisotopic (exact) mass is 460 g/mol. The summed E-state index contributed by atoms with van der Waals surface area (Å²) in [4.78, 5) is 28.2. The van der Waals surface area contributed by atoms with Gasteiger partial charge in [-0.05, 0) is 61.9 Å². The molecule has 31 heavy (non-hydrogen) atoms. The van der Waals surface area contributed by atoms with E-state index in [1.807, 2.05) is 44.2 Å². The molecule has 0 aliphatic heterocycles. The van der Waals surface area contributed by atoms with Crippen LogP contribution in [0.25, 0.3) is 0 Å². The van der Waals surface area contributed by atoms with E-state index in [2.05, 4.69) is 12.2 Å². The van der Waals surface area contributed by atoms with Gasteiger partial charge in [0.1, 0.15) is 11.9 Å². The molecule has 0 spiro atoms. The third-order valence-electron chi connectivity index (χ3n) is 6.30. The number of rotatable bonds is 6. The van der Waals surface area contributed by atoms with Gasteiger partial charge in [-0.25, -0.2) is 0 Å². The van der Waals surface area contributed by atoms with E-state index < -0.39 is 6.04 Å². The number of carbonyl (C=O) groups is 2. The quantitative estimate of drug-likeness (QED) is 0.540. The molecule has 0 radical (unpaired) electrons. The number of hydrogen-bond donors (Lipinski definition) is 1. The van der Waals surface area contributed by atoms with Crippen LogP contribution in [0.3, 0.4) is 0 Å². The van der Waals surface area contributed by atoms with E-state index >= 15 is 0 Å². The fourth-order valence-electron chi connectivity index (χ4n) is 4.26. The number of carbonyl (C=O) groups excluding carboxylic acids is 2. The smallest absolute Gasteiger partial charge is 0.248 e. The summed E-state index contributed by atoms with van der Waals surface area (Å²) in [6.07, 6.45) is 4.30. The van der Waals surface area contributed by atoms with Gasteiger partial charge in [-0.2, -0.15) is 0 Å². The number of alkyl halides is 1. The van der Waals surface area contributed by atoms with Gasteiger partial charge in [-0.15, -0.1) is 11.6 Å². The summed E-state index contributed by atoms with van der Waals surface area (Å²) in [6.45, 7) is 6.16. The Labute approximate surface area is 194 Å². The average molecular weight is 461 g/mol. The zero-order chi connectivity index (χ0) is 22.5. The molecular formula is C25H30Cl2N2O2. The molecule has 3 unspecified atom stereocenters. The van der Waals surface area contributed by atoms with Crippen LogP contribution in [0.15, 0.2) is 42.5 Å². The van der Waals surface area contributed by atoms with Crippen LogP contribution < -0.4 is 10.2 Å². The van der Waals surface area contributed by atoms with Gasteiger partial charge in [-0.3, -0.25) is 14.5 Å². The largest absolute Gasteiger partial charge is 0.351 e. The highest BCUT2D eigenvalue weighted by Gasteiger charge is 2.35. The Hall–Kier alpha value is -2.04. The lowest BCUT2D eigenvalue weighted by atomic mass is 9.85. The first kappa shape index (κ1) is 23.6. The molecular weight excluding hydrogens is 431 g/mol. The summed E-state index contributed by atoms with van der Waals surface area (Å²) >= 11 is 12.5. The molecule has 1 fully saturated rings. The SMILES string of the molecule is Cc1ccc(N(C(=O)CCl)C(C(=O)NC2CCCCC2C)c2ccccc2Cl)cc1C. The molecule has 4 nitrogen and oxygen atoms in total. The fourth-order valence-corrected chi connectivity index (χ4v) is 4.63. The molecule has 1 N–H and O–H groups in total. The van der Waals surface area contributed by atoms with Crippen LogP contribution in [0.1, 0.15) is 55.3 Å². The van der Waals surface area contributed by atoms with Gasteiger partial charge in [0.05, 0.1) is 0 Å². The zero-order valence-electron chi connectivity index (χ0n) is 18.3. The maximum atomic E-state index is 13.7. The van der Waals surface area contributed by atoms with Crippen LogP contribution >= 0.6 is 23.2 Å². The maximum Gasteiger partial charge on any atom is 0.248 e. The molecule has 0 bridgehead atoms. The Bertz CT molecular complexity index is 947. The van der Waals surface area contributed by atoms with Crippen molar-refractivity contribution in [2.24, 2.45) is 5.92 Å². The van der Waals surface area contributed by atoms with Gasteiger partial charge in [0.15, 0.2) is 0 Å². The highest BCUT2D eigenvalue weighted by atomic mass is 35.5. The highest BCUT2D eigenvalue weighted by molar-refractivity contribution is 6.32. The van der Waals surface area contributed by atoms with Gasteiger partial charge < -0.3 is 5.32 Å². The number of anilines is 1. The Balaban J connectivity index is 2.07. The maximum absolute atomic E-state index is 13.7. The second-order valence-corrected chi connectivity index (χ2v) is 9.14. The molecule has 0 aromatic heterocycles.